The molecule has 0 saturated heterocycles. The van der Waals surface area contributed by atoms with Gasteiger partial charge in [-0.3, -0.25) is 4.79 Å². The van der Waals surface area contributed by atoms with E-state index in [1.165, 1.54) is 0 Å². The summed E-state index contributed by atoms with van der Waals surface area (Å²) >= 11 is 0. The van der Waals surface area contributed by atoms with Gasteiger partial charge in [0.05, 0.1) is 0 Å². The fourth-order valence-corrected chi connectivity index (χ4v) is 3.12. The lowest BCUT2D eigenvalue weighted by Gasteiger charge is -2.07. The molecule has 5 heteroatoms. The number of nitrogens with one attached hydrogen (secondary N) is 1. The number of hydrogen-bond donors (Lipinski definition) is 1. The van der Waals surface area contributed by atoms with Crippen molar-refractivity contribution in [2.75, 3.05) is 5.32 Å². The van der Waals surface area contributed by atoms with Crippen molar-refractivity contribution in [2.45, 2.75) is 0 Å². The summed E-state index contributed by atoms with van der Waals surface area (Å²) in [5.41, 5.74) is 3.36. The summed E-state index contributed by atoms with van der Waals surface area (Å²) in [4.78, 5) is 21.1. The number of oxazole rings is 1. The van der Waals surface area contributed by atoms with E-state index in [1.54, 1.807) is 6.20 Å². The Morgan fingerprint density at radius 1 is 0.857 bits per heavy atom. The van der Waals surface area contributed by atoms with Crippen LogP contribution in [0.5, 0.6) is 0 Å². The summed E-state index contributed by atoms with van der Waals surface area (Å²) in [5.74, 6) is 0.352. The van der Waals surface area contributed by atoms with Crippen LogP contribution < -0.4 is 5.32 Å². The second kappa shape index (κ2) is 6.63. The molecular formula is C23H15N3O2. The molecule has 134 valence electrons. The number of aromatic nitrogens is 2. The molecule has 28 heavy (non-hydrogen) atoms. The third-order valence-electron chi connectivity index (χ3n) is 4.57. The zero-order valence-electron chi connectivity index (χ0n) is 14.8. The maximum atomic E-state index is 12.6. The molecule has 1 amide bonds. The molecule has 3 aromatic carbocycles. The van der Waals surface area contributed by atoms with E-state index in [2.05, 4.69) is 15.3 Å². The second-order valence-corrected chi connectivity index (χ2v) is 6.44. The zero-order valence-corrected chi connectivity index (χ0v) is 14.8. The Morgan fingerprint density at radius 3 is 2.50 bits per heavy atom. The SMILES string of the molecule is O=C(Nc1ccc(-c2nc3ncccc3o2)cc1)c1ccc2ccccc2c1. The molecule has 0 unspecified atom stereocenters. The maximum absolute atomic E-state index is 12.6. The van der Waals surface area contributed by atoms with E-state index in [1.807, 2.05) is 78.9 Å². The summed E-state index contributed by atoms with van der Waals surface area (Å²) in [6.07, 6.45) is 1.68. The van der Waals surface area contributed by atoms with Crippen molar-refractivity contribution in [2.24, 2.45) is 0 Å². The van der Waals surface area contributed by atoms with Gasteiger partial charge in [-0.1, -0.05) is 30.3 Å². The minimum atomic E-state index is -0.149. The molecule has 0 fully saturated rings. The van der Waals surface area contributed by atoms with Gasteiger partial charge in [0.1, 0.15) is 0 Å². The summed E-state index contributed by atoms with van der Waals surface area (Å²) in [5, 5.41) is 5.07. The molecule has 0 radical (unpaired) electrons. The largest absolute Gasteiger partial charge is 0.434 e. The molecule has 0 atom stereocenters. The molecule has 5 rings (SSSR count). The van der Waals surface area contributed by atoms with Gasteiger partial charge in [-0.25, -0.2) is 4.98 Å². The fraction of sp³-hybridized carbons (Fsp3) is 0. The van der Waals surface area contributed by atoms with Gasteiger partial charge in [0.25, 0.3) is 5.91 Å². The third-order valence-corrected chi connectivity index (χ3v) is 4.57. The summed E-state index contributed by atoms with van der Waals surface area (Å²) in [6, 6.07) is 24.7. The van der Waals surface area contributed by atoms with Crippen LogP contribution in [0.15, 0.2) is 89.5 Å². The average Bonchev–Trinajstić information content (AvgIpc) is 3.18. The topological polar surface area (TPSA) is 68.0 Å². The van der Waals surface area contributed by atoms with Gasteiger partial charge in [-0.2, -0.15) is 4.98 Å². The van der Waals surface area contributed by atoms with Crippen LogP contribution >= 0.6 is 0 Å². The zero-order chi connectivity index (χ0) is 18.9. The van der Waals surface area contributed by atoms with Gasteiger partial charge in [0.2, 0.25) is 5.89 Å². The van der Waals surface area contributed by atoms with Crippen LogP contribution in [0.1, 0.15) is 10.4 Å². The molecule has 1 N–H and O–H groups in total. The maximum Gasteiger partial charge on any atom is 0.255 e. The summed E-state index contributed by atoms with van der Waals surface area (Å²) in [6.45, 7) is 0. The predicted octanol–water partition coefficient (Wildman–Crippen LogP) is 5.30. The van der Waals surface area contributed by atoms with Crippen molar-refractivity contribution in [1.29, 1.82) is 0 Å². The Labute approximate surface area is 160 Å². The minimum absolute atomic E-state index is 0.149. The van der Waals surface area contributed by atoms with E-state index < -0.39 is 0 Å². The van der Waals surface area contributed by atoms with E-state index >= 15 is 0 Å². The van der Waals surface area contributed by atoms with Crippen molar-refractivity contribution < 1.29 is 9.21 Å². The predicted molar refractivity (Wildman–Crippen MR) is 109 cm³/mol. The van der Waals surface area contributed by atoms with Crippen LogP contribution in [0.3, 0.4) is 0 Å². The standard InChI is InChI=1S/C23H15N3O2/c27-22(18-8-7-15-4-1-2-5-17(15)14-18)25-19-11-9-16(10-12-19)23-26-21-20(28-23)6-3-13-24-21/h1-14H,(H,25,27). The molecule has 5 nitrogen and oxygen atoms in total. The number of fused-ring (bicyclic) bond motifs is 2. The van der Waals surface area contributed by atoms with E-state index in [9.17, 15) is 4.79 Å². The van der Waals surface area contributed by atoms with Crippen LogP contribution in [0.4, 0.5) is 5.69 Å². The monoisotopic (exact) mass is 365 g/mol. The van der Waals surface area contributed by atoms with Crippen LogP contribution in [0.25, 0.3) is 33.5 Å². The molecule has 0 saturated carbocycles. The van der Waals surface area contributed by atoms with Crippen molar-refractivity contribution in [3.63, 3.8) is 0 Å². The lowest BCUT2D eigenvalue weighted by molar-refractivity contribution is 0.102. The first-order valence-corrected chi connectivity index (χ1v) is 8.88. The summed E-state index contributed by atoms with van der Waals surface area (Å²) < 4.78 is 5.72. The van der Waals surface area contributed by atoms with E-state index in [0.717, 1.165) is 16.3 Å². The number of anilines is 1. The Bertz CT molecular complexity index is 1270. The van der Waals surface area contributed by atoms with E-state index in [-0.39, 0.29) is 5.91 Å². The van der Waals surface area contributed by atoms with Gasteiger partial charge >= 0.3 is 0 Å². The first-order chi connectivity index (χ1) is 13.8. The Hall–Kier alpha value is -3.99. The lowest BCUT2D eigenvalue weighted by Crippen LogP contribution is -2.11. The Balaban J connectivity index is 1.37. The van der Waals surface area contributed by atoms with E-state index in [4.69, 9.17) is 4.42 Å². The number of carbonyl (C=O) groups is 1. The highest BCUT2D eigenvalue weighted by atomic mass is 16.3. The van der Waals surface area contributed by atoms with Crippen molar-refractivity contribution in [1.82, 2.24) is 9.97 Å². The molecule has 0 bridgehead atoms. The highest BCUT2D eigenvalue weighted by Crippen LogP contribution is 2.24. The Morgan fingerprint density at radius 2 is 1.68 bits per heavy atom. The molecule has 5 aromatic rings. The smallest absolute Gasteiger partial charge is 0.255 e. The average molecular weight is 365 g/mol. The first-order valence-electron chi connectivity index (χ1n) is 8.88. The van der Waals surface area contributed by atoms with Crippen molar-refractivity contribution >= 4 is 33.6 Å². The fourth-order valence-electron chi connectivity index (χ4n) is 3.12. The Kier molecular flexibility index (Phi) is 3.84. The third kappa shape index (κ3) is 2.99. The lowest BCUT2D eigenvalue weighted by atomic mass is 10.1. The number of pyridine rings is 1. The minimum Gasteiger partial charge on any atom is -0.434 e. The number of rotatable bonds is 3. The highest BCUT2D eigenvalue weighted by Gasteiger charge is 2.10. The number of nitrogens with zero attached hydrogens (tertiary/aromatic N) is 2. The van der Waals surface area contributed by atoms with Gasteiger partial charge in [-0.05, 0) is 59.3 Å². The number of carbonyl (C=O) groups excluding carboxylic acids is 1. The van der Waals surface area contributed by atoms with Crippen LogP contribution in [-0.4, -0.2) is 15.9 Å². The van der Waals surface area contributed by atoms with Gasteiger partial charge < -0.3 is 9.73 Å². The molecule has 2 heterocycles. The van der Waals surface area contributed by atoms with E-state index in [0.29, 0.717) is 28.4 Å². The molecule has 2 aromatic heterocycles. The van der Waals surface area contributed by atoms with Gasteiger partial charge in [0.15, 0.2) is 11.2 Å². The molecule has 0 aliphatic heterocycles. The number of amides is 1. The van der Waals surface area contributed by atoms with Gasteiger partial charge in [-0.15, -0.1) is 0 Å². The number of benzene rings is 3. The van der Waals surface area contributed by atoms with Crippen LogP contribution in [0.2, 0.25) is 0 Å². The molecule has 0 aliphatic rings. The molecule has 0 spiro atoms. The van der Waals surface area contributed by atoms with Gasteiger partial charge in [0, 0.05) is 23.0 Å². The first kappa shape index (κ1) is 16.2. The number of hydrogen-bond acceptors (Lipinski definition) is 4. The van der Waals surface area contributed by atoms with Crippen LogP contribution in [-0.2, 0) is 0 Å². The van der Waals surface area contributed by atoms with Crippen molar-refractivity contribution in [3.8, 4) is 11.5 Å². The van der Waals surface area contributed by atoms with Crippen molar-refractivity contribution in [3.05, 3.63) is 90.6 Å². The normalized spacial score (nSPS) is 11.0. The summed E-state index contributed by atoms with van der Waals surface area (Å²) in [7, 11) is 0. The molecule has 0 aliphatic carbocycles. The van der Waals surface area contributed by atoms with Crippen LogP contribution in [0, 0.1) is 0 Å². The quantitative estimate of drug-likeness (QED) is 0.471. The highest BCUT2D eigenvalue weighted by molar-refractivity contribution is 6.06. The molecular weight excluding hydrogens is 350 g/mol. The second-order valence-electron chi connectivity index (χ2n) is 6.44.